The topological polar surface area (TPSA) is 38.7 Å². The average Bonchev–Trinajstić information content (AvgIpc) is 2.96. The van der Waals surface area contributed by atoms with Crippen molar-refractivity contribution in [2.75, 3.05) is 0 Å². The van der Waals surface area contributed by atoms with Crippen LogP contribution in [0.1, 0.15) is 107 Å². The molecule has 0 spiro atoms. The van der Waals surface area contributed by atoms with Gasteiger partial charge in [-0.1, -0.05) is 72.8 Å². The van der Waals surface area contributed by atoms with Crippen molar-refractivity contribution in [2.24, 2.45) is 0 Å². The van der Waals surface area contributed by atoms with Crippen molar-refractivity contribution in [2.45, 2.75) is 75.5 Å². The van der Waals surface area contributed by atoms with Gasteiger partial charge in [0.05, 0.1) is 0 Å². The number of aryl methyl sites for hydroxylation is 3. The van der Waals surface area contributed by atoms with Crippen LogP contribution in [0, 0.1) is 0 Å². The second-order valence-electron chi connectivity index (χ2n) is 10.8. The van der Waals surface area contributed by atoms with Gasteiger partial charge in [0.2, 0.25) is 0 Å². The Balaban J connectivity index is 1.39. The lowest BCUT2D eigenvalue weighted by Gasteiger charge is -2.29. The van der Waals surface area contributed by atoms with E-state index < -0.39 is 0 Å². The maximum Gasteiger partial charge on any atom is 0.140 e. The van der Waals surface area contributed by atoms with Crippen LogP contribution in [0.2, 0.25) is 0 Å². The van der Waals surface area contributed by atoms with Crippen LogP contribution in [0.4, 0.5) is 0 Å². The SMILES string of the molecule is c1ccc2c(c1)CCCC2c1nc(C2CCCc3ccccc32)nc(C2CCCc3ccccc32)n1. The van der Waals surface area contributed by atoms with Crippen molar-refractivity contribution in [3.8, 4) is 0 Å². The monoisotopic (exact) mass is 471 g/mol. The van der Waals surface area contributed by atoms with Crippen LogP contribution in [0.3, 0.4) is 0 Å². The standard InChI is InChI=1S/C33H33N3/c1-4-16-25-22(10-1)13-7-19-28(25)31-34-32(29-20-8-14-23-11-2-5-17-26(23)29)36-33(35-31)30-21-9-15-24-12-3-6-18-27(24)30/h1-6,10-12,16-18,28-30H,7-9,13-15,19-21H2. The molecule has 7 rings (SSSR count). The van der Waals surface area contributed by atoms with Crippen LogP contribution in [-0.4, -0.2) is 15.0 Å². The van der Waals surface area contributed by atoms with Gasteiger partial charge in [-0.25, -0.2) is 15.0 Å². The number of hydrogen-bond donors (Lipinski definition) is 0. The Morgan fingerprint density at radius 3 is 1.06 bits per heavy atom. The van der Waals surface area contributed by atoms with Gasteiger partial charge in [-0.05, 0) is 91.2 Å². The van der Waals surface area contributed by atoms with Gasteiger partial charge in [0.15, 0.2) is 0 Å². The Morgan fingerprint density at radius 1 is 0.417 bits per heavy atom. The molecule has 0 radical (unpaired) electrons. The highest BCUT2D eigenvalue weighted by Crippen LogP contribution is 2.41. The molecule has 0 fully saturated rings. The first-order valence-electron chi connectivity index (χ1n) is 13.8. The lowest BCUT2D eigenvalue weighted by molar-refractivity contribution is 0.529. The number of hydrogen-bond acceptors (Lipinski definition) is 3. The molecule has 3 aliphatic rings. The van der Waals surface area contributed by atoms with Crippen LogP contribution in [0.5, 0.6) is 0 Å². The molecule has 3 atom stereocenters. The van der Waals surface area contributed by atoms with Crippen molar-refractivity contribution in [3.05, 3.63) is 124 Å². The smallest absolute Gasteiger partial charge is 0.140 e. The normalized spacial score (nSPS) is 22.8. The molecule has 4 aromatic rings. The first kappa shape index (κ1) is 21.9. The third kappa shape index (κ3) is 3.86. The van der Waals surface area contributed by atoms with Gasteiger partial charge in [0.1, 0.15) is 17.5 Å². The van der Waals surface area contributed by atoms with Crippen molar-refractivity contribution < 1.29 is 0 Å². The fourth-order valence-electron chi connectivity index (χ4n) is 6.96. The Bertz CT molecular complexity index is 1230. The zero-order valence-electron chi connectivity index (χ0n) is 20.9. The summed E-state index contributed by atoms with van der Waals surface area (Å²) in [7, 11) is 0. The van der Waals surface area contributed by atoms with E-state index in [0.29, 0.717) is 0 Å². The molecule has 0 saturated carbocycles. The molecule has 3 unspecified atom stereocenters. The summed E-state index contributed by atoms with van der Waals surface area (Å²) in [5.41, 5.74) is 8.63. The Morgan fingerprint density at radius 2 is 0.722 bits per heavy atom. The van der Waals surface area contributed by atoms with Gasteiger partial charge < -0.3 is 0 Å². The molecule has 3 aliphatic carbocycles. The average molecular weight is 472 g/mol. The summed E-state index contributed by atoms with van der Waals surface area (Å²) in [6, 6.07) is 26.8. The van der Waals surface area contributed by atoms with Crippen molar-refractivity contribution in [3.63, 3.8) is 0 Å². The Hall–Kier alpha value is -3.33. The maximum absolute atomic E-state index is 5.31. The number of rotatable bonds is 3. The minimum Gasteiger partial charge on any atom is -0.217 e. The molecule has 36 heavy (non-hydrogen) atoms. The zero-order chi connectivity index (χ0) is 23.9. The fraction of sp³-hybridized carbons (Fsp3) is 0.364. The molecule has 0 aliphatic heterocycles. The molecule has 3 aromatic carbocycles. The molecular weight excluding hydrogens is 438 g/mol. The Kier molecular flexibility index (Phi) is 5.65. The zero-order valence-corrected chi connectivity index (χ0v) is 20.9. The van der Waals surface area contributed by atoms with E-state index in [-0.39, 0.29) is 17.8 Å². The van der Waals surface area contributed by atoms with Gasteiger partial charge in [-0.2, -0.15) is 0 Å². The van der Waals surface area contributed by atoms with Gasteiger partial charge in [0, 0.05) is 17.8 Å². The lowest BCUT2D eigenvalue weighted by atomic mass is 9.80. The predicted molar refractivity (Wildman–Crippen MR) is 143 cm³/mol. The molecule has 180 valence electrons. The molecular formula is C33H33N3. The van der Waals surface area contributed by atoms with Crippen molar-refractivity contribution in [1.82, 2.24) is 15.0 Å². The van der Waals surface area contributed by atoms with E-state index in [1.165, 1.54) is 52.6 Å². The van der Waals surface area contributed by atoms with Gasteiger partial charge in [-0.3, -0.25) is 0 Å². The molecule has 1 aromatic heterocycles. The molecule has 1 heterocycles. The molecule has 0 amide bonds. The summed E-state index contributed by atoms with van der Waals surface area (Å²) < 4.78 is 0. The molecule has 3 heteroatoms. The third-order valence-corrected chi connectivity index (χ3v) is 8.73. The predicted octanol–water partition coefficient (Wildman–Crippen LogP) is 7.28. The molecule has 0 bridgehead atoms. The van der Waals surface area contributed by atoms with E-state index >= 15 is 0 Å². The van der Waals surface area contributed by atoms with Gasteiger partial charge in [-0.15, -0.1) is 0 Å². The number of aromatic nitrogens is 3. The quantitative estimate of drug-likeness (QED) is 0.315. The van der Waals surface area contributed by atoms with Gasteiger partial charge >= 0.3 is 0 Å². The first-order chi connectivity index (χ1) is 17.8. The van der Waals surface area contributed by atoms with E-state index in [9.17, 15) is 0 Å². The highest BCUT2D eigenvalue weighted by molar-refractivity contribution is 5.41. The van der Waals surface area contributed by atoms with Crippen molar-refractivity contribution >= 4 is 0 Å². The highest BCUT2D eigenvalue weighted by Gasteiger charge is 2.31. The van der Waals surface area contributed by atoms with Crippen LogP contribution in [-0.2, 0) is 19.3 Å². The fourth-order valence-corrected chi connectivity index (χ4v) is 6.96. The highest BCUT2D eigenvalue weighted by atomic mass is 15.0. The second kappa shape index (κ2) is 9.28. The summed E-state index contributed by atoms with van der Waals surface area (Å²) in [6.45, 7) is 0. The van der Waals surface area contributed by atoms with E-state index in [1.807, 2.05) is 0 Å². The Labute approximate surface area is 214 Å². The molecule has 0 saturated heterocycles. The van der Waals surface area contributed by atoms with Crippen LogP contribution in [0.25, 0.3) is 0 Å². The van der Waals surface area contributed by atoms with E-state index in [2.05, 4.69) is 72.8 Å². The second-order valence-corrected chi connectivity index (χ2v) is 10.8. The molecule has 0 N–H and O–H groups in total. The minimum absolute atomic E-state index is 0.258. The summed E-state index contributed by atoms with van der Waals surface area (Å²) in [5, 5.41) is 0. The number of benzene rings is 3. The summed E-state index contributed by atoms with van der Waals surface area (Å²) in [5.74, 6) is 3.75. The van der Waals surface area contributed by atoms with E-state index in [4.69, 9.17) is 15.0 Å². The number of fused-ring (bicyclic) bond motifs is 3. The van der Waals surface area contributed by atoms with Crippen molar-refractivity contribution in [1.29, 1.82) is 0 Å². The third-order valence-electron chi connectivity index (χ3n) is 8.73. The van der Waals surface area contributed by atoms with Crippen LogP contribution >= 0.6 is 0 Å². The minimum atomic E-state index is 0.258. The summed E-state index contributed by atoms with van der Waals surface area (Å²) in [4.78, 5) is 15.9. The van der Waals surface area contributed by atoms with E-state index in [0.717, 1.165) is 56.0 Å². The molecule has 3 nitrogen and oxygen atoms in total. The van der Waals surface area contributed by atoms with E-state index in [1.54, 1.807) is 0 Å². The lowest BCUT2D eigenvalue weighted by Crippen LogP contribution is -2.22. The first-order valence-corrected chi connectivity index (χ1v) is 13.8. The maximum atomic E-state index is 5.31. The number of nitrogens with zero attached hydrogens (tertiary/aromatic N) is 3. The van der Waals surface area contributed by atoms with Crippen LogP contribution in [0.15, 0.2) is 72.8 Å². The van der Waals surface area contributed by atoms with Gasteiger partial charge in [0.25, 0.3) is 0 Å². The summed E-state index contributed by atoms with van der Waals surface area (Å²) >= 11 is 0. The van der Waals surface area contributed by atoms with Crippen LogP contribution < -0.4 is 0 Å². The largest absolute Gasteiger partial charge is 0.217 e. The summed E-state index contributed by atoms with van der Waals surface area (Å²) in [6.07, 6.45) is 10.4.